The van der Waals surface area contributed by atoms with Crippen molar-refractivity contribution in [1.29, 1.82) is 0 Å². The van der Waals surface area contributed by atoms with Crippen molar-refractivity contribution in [3.63, 3.8) is 0 Å². The van der Waals surface area contributed by atoms with Crippen LogP contribution >= 0.6 is 0 Å². The van der Waals surface area contributed by atoms with Gasteiger partial charge in [-0.25, -0.2) is 4.79 Å². The molecule has 0 radical (unpaired) electrons. The first-order valence-corrected chi connectivity index (χ1v) is 7.38. The van der Waals surface area contributed by atoms with E-state index in [1.807, 2.05) is 57.5 Å². The molecule has 0 saturated carbocycles. The lowest BCUT2D eigenvalue weighted by molar-refractivity contribution is 0.229. The van der Waals surface area contributed by atoms with E-state index in [-0.39, 0.29) is 17.6 Å². The Hall–Kier alpha value is -2.24. The summed E-state index contributed by atoms with van der Waals surface area (Å²) < 4.78 is 7.40. The van der Waals surface area contributed by atoms with Crippen LogP contribution in [0.1, 0.15) is 44.0 Å². The molecule has 2 rings (SSSR count). The molecule has 6 heteroatoms. The number of furan rings is 1. The topological polar surface area (TPSA) is 72.1 Å². The van der Waals surface area contributed by atoms with Gasteiger partial charge < -0.3 is 15.1 Å². The number of hydrogen-bond acceptors (Lipinski definition) is 3. The first-order chi connectivity index (χ1) is 10.3. The van der Waals surface area contributed by atoms with Crippen molar-refractivity contribution in [2.45, 2.75) is 46.2 Å². The van der Waals surface area contributed by atoms with Crippen LogP contribution in [0.3, 0.4) is 0 Å². The Kier molecular flexibility index (Phi) is 4.59. The third kappa shape index (κ3) is 4.13. The molecule has 2 amide bonds. The minimum absolute atomic E-state index is 0.172. The van der Waals surface area contributed by atoms with E-state index in [9.17, 15) is 4.79 Å². The Balaban J connectivity index is 2.14. The standard InChI is InChI=1S/C16H24N4O2/c1-11-9-12(2)20(19-11)13(14-7-6-8-22-14)10-17-15(21)18-16(3,4)5/h6-9,13H,10H2,1-5H3,(H2,17,18,21). The number of aromatic nitrogens is 2. The number of aryl methyl sites for hydroxylation is 2. The van der Waals surface area contributed by atoms with Crippen molar-refractivity contribution in [3.05, 3.63) is 41.6 Å². The van der Waals surface area contributed by atoms with Gasteiger partial charge >= 0.3 is 6.03 Å². The van der Waals surface area contributed by atoms with Gasteiger partial charge in [-0.3, -0.25) is 4.68 Å². The molecule has 0 bridgehead atoms. The minimum Gasteiger partial charge on any atom is -0.467 e. The van der Waals surface area contributed by atoms with Crippen molar-refractivity contribution in [2.24, 2.45) is 0 Å². The maximum atomic E-state index is 12.0. The quantitative estimate of drug-likeness (QED) is 0.912. The van der Waals surface area contributed by atoms with Crippen molar-refractivity contribution < 1.29 is 9.21 Å². The smallest absolute Gasteiger partial charge is 0.315 e. The van der Waals surface area contributed by atoms with Crippen LogP contribution in [0.4, 0.5) is 4.79 Å². The number of amides is 2. The zero-order chi connectivity index (χ0) is 16.3. The van der Waals surface area contributed by atoms with Crippen LogP contribution in [-0.2, 0) is 0 Å². The number of urea groups is 1. The van der Waals surface area contributed by atoms with E-state index >= 15 is 0 Å². The van der Waals surface area contributed by atoms with Crippen LogP contribution in [-0.4, -0.2) is 27.9 Å². The highest BCUT2D eigenvalue weighted by atomic mass is 16.3. The maximum Gasteiger partial charge on any atom is 0.315 e. The molecule has 0 saturated heterocycles. The first-order valence-electron chi connectivity index (χ1n) is 7.38. The van der Waals surface area contributed by atoms with Gasteiger partial charge in [0.1, 0.15) is 11.8 Å². The number of nitrogens with zero attached hydrogens (tertiary/aromatic N) is 2. The Morgan fingerprint density at radius 1 is 1.41 bits per heavy atom. The van der Waals surface area contributed by atoms with E-state index in [0.29, 0.717) is 6.54 Å². The van der Waals surface area contributed by atoms with Gasteiger partial charge in [0.25, 0.3) is 0 Å². The third-order valence-corrected chi connectivity index (χ3v) is 3.16. The molecule has 2 N–H and O–H groups in total. The lowest BCUT2D eigenvalue weighted by Gasteiger charge is -2.23. The molecule has 0 aliphatic heterocycles. The van der Waals surface area contributed by atoms with E-state index in [4.69, 9.17) is 4.42 Å². The van der Waals surface area contributed by atoms with Crippen LogP contribution in [0.2, 0.25) is 0 Å². The molecule has 0 fully saturated rings. The zero-order valence-electron chi connectivity index (χ0n) is 13.8. The van der Waals surface area contributed by atoms with E-state index < -0.39 is 0 Å². The summed E-state index contributed by atoms with van der Waals surface area (Å²) in [7, 11) is 0. The van der Waals surface area contributed by atoms with Gasteiger partial charge in [-0.2, -0.15) is 5.10 Å². The molecular formula is C16H24N4O2. The summed E-state index contributed by atoms with van der Waals surface area (Å²) in [4.78, 5) is 12.0. The Morgan fingerprint density at radius 2 is 2.14 bits per heavy atom. The van der Waals surface area contributed by atoms with Gasteiger partial charge in [0.2, 0.25) is 0 Å². The SMILES string of the molecule is Cc1cc(C)n(C(CNC(=O)NC(C)(C)C)c2ccco2)n1. The molecule has 1 unspecified atom stereocenters. The molecule has 120 valence electrons. The predicted molar refractivity (Wildman–Crippen MR) is 84.8 cm³/mol. The lowest BCUT2D eigenvalue weighted by atomic mass is 10.1. The summed E-state index contributed by atoms with van der Waals surface area (Å²) in [6.45, 7) is 10.2. The fraction of sp³-hybridized carbons (Fsp3) is 0.500. The molecular weight excluding hydrogens is 280 g/mol. The highest BCUT2D eigenvalue weighted by Crippen LogP contribution is 2.20. The number of carbonyl (C=O) groups is 1. The summed E-state index contributed by atoms with van der Waals surface area (Å²) in [5.41, 5.74) is 1.69. The van der Waals surface area contributed by atoms with Gasteiger partial charge in [0.05, 0.1) is 12.0 Å². The Bertz CT molecular complexity index is 623. The number of nitrogens with one attached hydrogen (secondary N) is 2. The van der Waals surface area contributed by atoms with Gasteiger partial charge in [0, 0.05) is 17.8 Å². The van der Waals surface area contributed by atoms with Crippen LogP contribution < -0.4 is 10.6 Å². The largest absolute Gasteiger partial charge is 0.467 e. The van der Waals surface area contributed by atoms with E-state index in [0.717, 1.165) is 17.1 Å². The normalized spacial score (nSPS) is 13.0. The second kappa shape index (κ2) is 6.25. The fourth-order valence-corrected chi connectivity index (χ4v) is 2.32. The van der Waals surface area contributed by atoms with Gasteiger partial charge in [-0.05, 0) is 52.8 Å². The molecule has 22 heavy (non-hydrogen) atoms. The van der Waals surface area contributed by atoms with E-state index in [1.165, 1.54) is 0 Å². The van der Waals surface area contributed by atoms with E-state index in [1.54, 1.807) is 6.26 Å². The summed E-state index contributed by atoms with van der Waals surface area (Å²) >= 11 is 0. The summed E-state index contributed by atoms with van der Waals surface area (Å²) in [6.07, 6.45) is 1.63. The van der Waals surface area contributed by atoms with Crippen molar-refractivity contribution >= 4 is 6.03 Å². The molecule has 0 spiro atoms. The summed E-state index contributed by atoms with van der Waals surface area (Å²) in [5.74, 6) is 0.766. The van der Waals surface area contributed by atoms with Crippen LogP contribution in [0, 0.1) is 13.8 Å². The number of hydrogen-bond donors (Lipinski definition) is 2. The molecule has 6 nitrogen and oxygen atoms in total. The summed E-state index contributed by atoms with van der Waals surface area (Å²) in [5, 5.41) is 10.3. The molecule has 2 heterocycles. The van der Waals surface area contributed by atoms with Crippen molar-refractivity contribution in [1.82, 2.24) is 20.4 Å². The fourth-order valence-electron chi connectivity index (χ4n) is 2.32. The molecule has 2 aromatic heterocycles. The molecule has 0 aliphatic carbocycles. The van der Waals surface area contributed by atoms with Gasteiger partial charge in [-0.1, -0.05) is 0 Å². The molecule has 0 aromatic carbocycles. The molecule has 1 atom stereocenters. The van der Waals surface area contributed by atoms with Crippen LogP contribution in [0.15, 0.2) is 28.9 Å². The number of rotatable bonds is 4. The summed E-state index contributed by atoms with van der Waals surface area (Å²) in [6, 6.07) is 5.36. The Labute approximate surface area is 130 Å². The number of carbonyl (C=O) groups excluding carboxylic acids is 1. The molecule has 2 aromatic rings. The second-order valence-corrected chi connectivity index (χ2v) is 6.49. The zero-order valence-corrected chi connectivity index (χ0v) is 13.8. The molecule has 0 aliphatic rings. The van der Waals surface area contributed by atoms with Crippen LogP contribution in [0.25, 0.3) is 0 Å². The predicted octanol–water partition coefficient (Wildman–Crippen LogP) is 2.78. The van der Waals surface area contributed by atoms with E-state index in [2.05, 4.69) is 15.7 Å². The average Bonchev–Trinajstić information content (AvgIpc) is 2.98. The lowest BCUT2D eigenvalue weighted by Crippen LogP contribution is -2.47. The highest BCUT2D eigenvalue weighted by Gasteiger charge is 2.21. The minimum atomic E-state index is -0.275. The van der Waals surface area contributed by atoms with Crippen molar-refractivity contribution in [2.75, 3.05) is 6.54 Å². The monoisotopic (exact) mass is 304 g/mol. The first kappa shape index (κ1) is 16.1. The third-order valence-electron chi connectivity index (χ3n) is 3.16. The van der Waals surface area contributed by atoms with Gasteiger partial charge in [-0.15, -0.1) is 0 Å². The van der Waals surface area contributed by atoms with Gasteiger partial charge in [0.15, 0.2) is 0 Å². The maximum absolute atomic E-state index is 12.0. The average molecular weight is 304 g/mol. The second-order valence-electron chi connectivity index (χ2n) is 6.49. The Morgan fingerprint density at radius 3 is 2.64 bits per heavy atom. The van der Waals surface area contributed by atoms with Crippen LogP contribution in [0.5, 0.6) is 0 Å². The van der Waals surface area contributed by atoms with Crippen molar-refractivity contribution in [3.8, 4) is 0 Å². The highest BCUT2D eigenvalue weighted by molar-refractivity contribution is 5.74.